The molecule has 1 aliphatic carbocycles. The van der Waals surface area contributed by atoms with Crippen molar-refractivity contribution in [3.8, 4) is 0 Å². The Bertz CT molecular complexity index is 536. The van der Waals surface area contributed by atoms with Crippen LogP contribution in [0.25, 0.3) is 0 Å². The first kappa shape index (κ1) is 12.5. The highest BCUT2D eigenvalue weighted by molar-refractivity contribution is 7.91. The second-order valence-corrected chi connectivity index (χ2v) is 7.26. The van der Waals surface area contributed by atoms with Gasteiger partial charge in [-0.1, -0.05) is 6.92 Å². The highest BCUT2D eigenvalue weighted by Gasteiger charge is 2.38. The molecule has 2 unspecified atom stereocenters. The second kappa shape index (κ2) is 4.40. The average Bonchev–Trinajstić information content (AvgIpc) is 2.79. The maximum atomic E-state index is 11.5. The zero-order chi connectivity index (χ0) is 12.6. The molecule has 3 N–H and O–H groups in total. The Hall–Kier alpha value is -0.920. The van der Waals surface area contributed by atoms with Crippen LogP contribution in [-0.2, 0) is 21.4 Å². The molecule has 0 saturated heterocycles. The summed E-state index contributed by atoms with van der Waals surface area (Å²) in [6, 6.07) is 3.13. The van der Waals surface area contributed by atoms with E-state index in [-0.39, 0.29) is 16.0 Å². The summed E-state index contributed by atoms with van der Waals surface area (Å²) in [5, 5.41) is 7.79. The Morgan fingerprint density at radius 1 is 1.59 bits per heavy atom. The van der Waals surface area contributed by atoms with Gasteiger partial charge in [0.25, 0.3) is 0 Å². The van der Waals surface area contributed by atoms with Gasteiger partial charge in [0.1, 0.15) is 4.21 Å². The fraction of sp³-hybridized carbons (Fsp3) is 0.500. The van der Waals surface area contributed by atoms with Gasteiger partial charge in [-0.25, -0.2) is 13.6 Å². The molecule has 0 spiro atoms. The van der Waals surface area contributed by atoms with Gasteiger partial charge in [0.15, 0.2) is 0 Å². The van der Waals surface area contributed by atoms with Crippen molar-refractivity contribution < 1.29 is 13.2 Å². The van der Waals surface area contributed by atoms with Crippen LogP contribution in [-0.4, -0.2) is 14.3 Å². The van der Waals surface area contributed by atoms with Gasteiger partial charge >= 0.3 is 0 Å². The number of rotatable bonds is 4. The number of hydrogen-bond donors (Lipinski definition) is 2. The van der Waals surface area contributed by atoms with Crippen molar-refractivity contribution in [3.63, 3.8) is 0 Å². The predicted octanol–water partition coefficient (Wildman–Crippen LogP) is 0.668. The zero-order valence-corrected chi connectivity index (χ0v) is 11.0. The van der Waals surface area contributed by atoms with Crippen molar-refractivity contribution in [2.75, 3.05) is 0 Å². The molecule has 1 aromatic heterocycles. The molecule has 1 heterocycles. The van der Waals surface area contributed by atoms with Crippen LogP contribution >= 0.6 is 11.3 Å². The van der Waals surface area contributed by atoms with Crippen LogP contribution in [0.15, 0.2) is 16.3 Å². The number of carbonyl (C=O) groups excluding carboxylic acids is 1. The first-order valence-electron chi connectivity index (χ1n) is 5.27. The quantitative estimate of drug-likeness (QED) is 0.845. The first-order valence-corrected chi connectivity index (χ1v) is 7.63. The fourth-order valence-electron chi connectivity index (χ4n) is 1.60. The third-order valence-electron chi connectivity index (χ3n) is 2.80. The monoisotopic (exact) mass is 274 g/mol. The Morgan fingerprint density at radius 3 is 2.71 bits per heavy atom. The summed E-state index contributed by atoms with van der Waals surface area (Å²) >= 11 is 1.09. The van der Waals surface area contributed by atoms with Gasteiger partial charge in [-0.3, -0.25) is 4.79 Å². The van der Waals surface area contributed by atoms with Crippen LogP contribution in [0.3, 0.4) is 0 Å². The van der Waals surface area contributed by atoms with Gasteiger partial charge in [0.05, 0.1) is 6.54 Å². The molecule has 2 atom stereocenters. The van der Waals surface area contributed by atoms with E-state index in [1.54, 1.807) is 6.07 Å². The summed E-state index contributed by atoms with van der Waals surface area (Å²) in [6.45, 7) is 2.40. The molecule has 2 rings (SSSR count). The van der Waals surface area contributed by atoms with E-state index in [4.69, 9.17) is 5.14 Å². The van der Waals surface area contributed by atoms with E-state index in [2.05, 4.69) is 5.32 Å². The van der Waals surface area contributed by atoms with E-state index in [0.717, 1.165) is 22.6 Å². The number of thiophene rings is 1. The Labute approximate surface area is 104 Å². The lowest BCUT2D eigenvalue weighted by atomic mass is 10.3. The summed E-state index contributed by atoms with van der Waals surface area (Å²) in [5.74, 6) is 0.647. The van der Waals surface area contributed by atoms with E-state index in [9.17, 15) is 13.2 Å². The largest absolute Gasteiger partial charge is 0.351 e. The molecular weight excluding hydrogens is 260 g/mol. The van der Waals surface area contributed by atoms with Gasteiger partial charge in [-0.15, -0.1) is 11.3 Å². The minimum Gasteiger partial charge on any atom is -0.351 e. The van der Waals surface area contributed by atoms with Crippen molar-refractivity contribution in [3.05, 3.63) is 17.0 Å². The number of nitrogens with one attached hydrogen (secondary N) is 1. The number of carbonyl (C=O) groups is 1. The van der Waals surface area contributed by atoms with Crippen molar-refractivity contribution in [1.82, 2.24) is 5.32 Å². The van der Waals surface area contributed by atoms with E-state index < -0.39 is 10.0 Å². The smallest absolute Gasteiger partial charge is 0.247 e. The van der Waals surface area contributed by atoms with Crippen LogP contribution < -0.4 is 10.5 Å². The van der Waals surface area contributed by atoms with Gasteiger partial charge < -0.3 is 5.32 Å². The predicted molar refractivity (Wildman–Crippen MR) is 64.8 cm³/mol. The molecule has 94 valence electrons. The molecule has 7 heteroatoms. The minimum absolute atomic E-state index is 0.0445. The minimum atomic E-state index is -3.63. The molecule has 1 fully saturated rings. The lowest BCUT2D eigenvalue weighted by Crippen LogP contribution is -2.24. The molecule has 0 aliphatic heterocycles. The Morgan fingerprint density at radius 2 is 2.24 bits per heavy atom. The molecular formula is C10H14N2O3S2. The van der Waals surface area contributed by atoms with Gasteiger partial charge in [-0.05, 0) is 24.5 Å². The van der Waals surface area contributed by atoms with Crippen LogP contribution in [0.2, 0.25) is 0 Å². The molecule has 1 saturated carbocycles. The number of primary sulfonamides is 1. The maximum Gasteiger partial charge on any atom is 0.247 e. The molecule has 1 aliphatic rings. The normalized spacial score (nSPS) is 23.4. The maximum absolute atomic E-state index is 11.5. The number of hydrogen-bond acceptors (Lipinski definition) is 4. The number of amides is 1. The molecule has 0 bridgehead atoms. The number of nitrogens with two attached hydrogens (primary N) is 1. The molecule has 1 amide bonds. The van der Waals surface area contributed by atoms with Gasteiger partial charge in [-0.2, -0.15) is 0 Å². The third kappa shape index (κ3) is 3.05. The summed E-state index contributed by atoms with van der Waals surface area (Å²) in [4.78, 5) is 12.3. The van der Waals surface area contributed by atoms with Crippen molar-refractivity contribution in [2.24, 2.45) is 17.0 Å². The molecule has 0 radical (unpaired) electrons. The van der Waals surface area contributed by atoms with E-state index in [0.29, 0.717) is 12.5 Å². The third-order valence-corrected chi connectivity index (χ3v) is 5.32. The SMILES string of the molecule is CC1CC1C(=O)NCc1ccc(S(N)(=O)=O)s1. The summed E-state index contributed by atoms with van der Waals surface area (Å²) in [6.07, 6.45) is 0.943. The lowest BCUT2D eigenvalue weighted by molar-refractivity contribution is -0.122. The van der Waals surface area contributed by atoms with E-state index in [1.807, 2.05) is 6.92 Å². The van der Waals surface area contributed by atoms with Crippen LogP contribution in [0.4, 0.5) is 0 Å². The first-order chi connectivity index (χ1) is 7.88. The molecule has 0 aromatic carbocycles. The summed E-state index contributed by atoms with van der Waals surface area (Å²) in [7, 11) is -3.63. The van der Waals surface area contributed by atoms with Crippen LogP contribution in [0.1, 0.15) is 18.2 Å². The fourth-order valence-corrected chi connectivity index (χ4v) is 3.32. The van der Waals surface area contributed by atoms with E-state index >= 15 is 0 Å². The zero-order valence-electron chi connectivity index (χ0n) is 9.34. The highest BCUT2D eigenvalue weighted by Crippen LogP contribution is 2.37. The Balaban J connectivity index is 1.92. The average molecular weight is 274 g/mol. The van der Waals surface area contributed by atoms with Gasteiger partial charge in [0.2, 0.25) is 15.9 Å². The molecule has 1 aromatic rings. The Kier molecular flexibility index (Phi) is 3.24. The topological polar surface area (TPSA) is 89.3 Å². The second-order valence-electron chi connectivity index (χ2n) is 4.30. The van der Waals surface area contributed by atoms with Crippen molar-refractivity contribution in [1.29, 1.82) is 0 Å². The van der Waals surface area contributed by atoms with Crippen molar-refractivity contribution in [2.45, 2.75) is 24.1 Å². The molecule has 5 nitrogen and oxygen atoms in total. The highest BCUT2D eigenvalue weighted by atomic mass is 32.2. The molecule has 17 heavy (non-hydrogen) atoms. The van der Waals surface area contributed by atoms with Crippen LogP contribution in [0, 0.1) is 11.8 Å². The number of sulfonamides is 1. The summed E-state index contributed by atoms with van der Waals surface area (Å²) < 4.78 is 22.2. The lowest BCUT2D eigenvalue weighted by Gasteiger charge is -2.01. The van der Waals surface area contributed by atoms with E-state index in [1.165, 1.54) is 6.07 Å². The van der Waals surface area contributed by atoms with Crippen LogP contribution in [0.5, 0.6) is 0 Å². The van der Waals surface area contributed by atoms with Gasteiger partial charge in [0, 0.05) is 10.8 Å². The summed E-state index contributed by atoms with van der Waals surface area (Å²) in [5.41, 5.74) is 0. The van der Waals surface area contributed by atoms with Crippen molar-refractivity contribution >= 4 is 27.3 Å². The standard InChI is InChI=1S/C10H14N2O3S2/c1-6-4-8(6)10(13)12-5-7-2-3-9(16-7)17(11,14)15/h2-3,6,8H,4-5H2,1H3,(H,12,13)(H2,11,14,15).